The highest BCUT2D eigenvalue weighted by atomic mass is 19.1. The number of rotatable bonds is 5. The molecule has 0 aliphatic heterocycles. The molecular formula is C18H13FN2O3. The van der Waals surface area contributed by atoms with E-state index < -0.39 is 5.97 Å². The molecule has 3 rings (SSSR count). The van der Waals surface area contributed by atoms with Crippen LogP contribution in [0.1, 0.15) is 16.1 Å². The van der Waals surface area contributed by atoms with Crippen molar-refractivity contribution >= 4 is 17.9 Å². The molecule has 0 bridgehead atoms. The fraction of sp³-hybridized carbons (Fsp3) is 0. The average molecular weight is 324 g/mol. The van der Waals surface area contributed by atoms with Crippen LogP contribution in [0.15, 0.2) is 70.2 Å². The number of carboxylic acids is 1. The molecule has 0 saturated carbocycles. The Hall–Kier alpha value is -3.41. The Morgan fingerprint density at radius 2 is 1.92 bits per heavy atom. The lowest BCUT2D eigenvalue weighted by atomic mass is 10.2. The Kier molecular flexibility index (Phi) is 4.38. The first kappa shape index (κ1) is 15.5. The van der Waals surface area contributed by atoms with Crippen LogP contribution in [0.4, 0.5) is 10.1 Å². The number of hydrogen-bond acceptors (Lipinski definition) is 4. The van der Waals surface area contributed by atoms with Crippen LogP contribution in [0.3, 0.4) is 0 Å². The van der Waals surface area contributed by atoms with Gasteiger partial charge in [0.1, 0.15) is 17.3 Å². The molecule has 24 heavy (non-hydrogen) atoms. The topological polar surface area (TPSA) is 74.8 Å². The van der Waals surface area contributed by atoms with E-state index in [1.54, 1.807) is 36.4 Å². The minimum Gasteiger partial charge on any atom is -0.478 e. The number of hydrogen-bond donors (Lipinski definition) is 2. The predicted molar refractivity (Wildman–Crippen MR) is 88.7 cm³/mol. The number of nitrogens with zero attached hydrogens (tertiary/aromatic N) is 1. The van der Waals surface area contributed by atoms with E-state index in [0.717, 1.165) is 5.56 Å². The van der Waals surface area contributed by atoms with E-state index in [0.29, 0.717) is 17.2 Å². The van der Waals surface area contributed by atoms with E-state index in [-0.39, 0.29) is 11.4 Å². The lowest BCUT2D eigenvalue weighted by molar-refractivity contribution is 0.0697. The van der Waals surface area contributed by atoms with E-state index in [9.17, 15) is 9.18 Å². The van der Waals surface area contributed by atoms with Crippen molar-refractivity contribution in [3.05, 3.63) is 77.8 Å². The zero-order valence-electron chi connectivity index (χ0n) is 12.4. The van der Waals surface area contributed by atoms with Gasteiger partial charge in [0.05, 0.1) is 17.5 Å². The summed E-state index contributed by atoms with van der Waals surface area (Å²) in [6.07, 6.45) is 1.47. The van der Waals surface area contributed by atoms with Crippen LogP contribution >= 0.6 is 0 Å². The number of nitrogens with one attached hydrogen (secondary N) is 1. The van der Waals surface area contributed by atoms with Gasteiger partial charge in [-0.2, -0.15) is 5.10 Å². The molecule has 1 aromatic heterocycles. The molecular weight excluding hydrogens is 311 g/mol. The highest BCUT2D eigenvalue weighted by Gasteiger charge is 2.04. The molecule has 0 radical (unpaired) electrons. The van der Waals surface area contributed by atoms with Crippen molar-refractivity contribution < 1.29 is 18.7 Å². The monoisotopic (exact) mass is 324 g/mol. The molecule has 0 aliphatic carbocycles. The molecule has 0 fully saturated rings. The maximum Gasteiger partial charge on any atom is 0.335 e. The van der Waals surface area contributed by atoms with Gasteiger partial charge in [-0.05, 0) is 54.6 Å². The first-order valence-corrected chi connectivity index (χ1v) is 7.10. The van der Waals surface area contributed by atoms with E-state index >= 15 is 0 Å². The van der Waals surface area contributed by atoms with Crippen molar-refractivity contribution in [1.29, 1.82) is 0 Å². The van der Waals surface area contributed by atoms with Gasteiger partial charge in [0, 0.05) is 5.56 Å². The first-order valence-electron chi connectivity index (χ1n) is 7.10. The summed E-state index contributed by atoms with van der Waals surface area (Å²) in [5.41, 5.74) is 4.23. The normalized spacial score (nSPS) is 10.9. The van der Waals surface area contributed by atoms with Crippen LogP contribution in [0.25, 0.3) is 11.3 Å². The molecule has 3 aromatic rings. The van der Waals surface area contributed by atoms with Crippen molar-refractivity contribution in [3.8, 4) is 11.3 Å². The maximum atomic E-state index is 12.9. The van der Waals surface area contributed by atoms with E-state index in [1.165, 1.54) is 30.5 Å². The summed E-state index contributed by atoms with van der Waals surface area (Å²) in [4.78, 5) is 10.9. The lowest BCUT2D eigenvalue weighted by Crippen LogP contribution is -1.97. The first-order chi connectivity index (χ1) is 11.6. The van der Waals surface area contributed by atoms with Crippen molar-refractivity contribution in [2.75, 3.05) is 5.43 Å². The van der Waals surface area contributed by atoms with Crippen LogP contribution in [0, 0.1) is 5.82 Å². The number of carboxylic acid groups (broad SMARTS) is 1. The third-order valence-corrected chi connectivity index (χ3v) is 3.25. The summed E-state index contributed by atoms with van der Waals surface area (Å²) >= 11 is 0. The molecule has 0 saturated heterocycles. The molecule has 5 nitrogen and oxygen atoms in total. The van der Waals surface area contributed by atoms with Crippen LogP contribution in [-0.4, -0.2) is 17.3 Å². The van der Waals surface area contributed by atoms with Gasteiger partial charge in [0.25, 0.3) is 0 Å². The van der Waals surface area contributed by atoms with Gasteiger partial charge in [-0.25, -0.2) is 9.18 Å². The maximum absolute atomic E-state index is 12.9. The Labute approximate surface area is 137 Å². The van der Waals surface area contributed by atoms with Crippen molar-refractivity contribution in [2.45, 2.75) is 0 Å². The lowest BCUT2D eigenvalue weighted by Gasteiger charge is -2.00. The van der Waals surface area contributed by atoms with Gasteiger partial charge in [0.2, 0.25) is 0 Å². The Morgan fingerprint density at radius 1 is 1.12 bits per heavy atom. The fourth-order valence-corrected chi connectivity index (χ4v) is 2.08. The van der Waals surface area contributed by atoms with Crippen molar-refractivity contribution in [3.63, 3.8) is 0 Å². The van der Waals surface area contributed by atoms with Gasteiger partial charge in [0.15, 0.2) is 0 Å². The standard InChI is InChI=1S/C18H13FN2O3/c19-14-6-4-12(5-7-14)17-9-8-16(24-17)11-20-21-15-3-1-2-13(10-15)18(22)23/h1-11,21H,(H,22,23)/b20-11+. The van der Waals surface area contributed by atoms with Crippen LogP contribution in [-0.2, 0) is 0 Å². The number of halogens is 1. The summed E-state index contributed by atoms with van der Waals surface area (Å²) in [6, 6.07) is 15.8. The number of furan rings is 1. The zero-order chi connectivity index (χ0) is 16.9. The highest BCUT2D eigenvalue weighted by Crippen LogP contribution is 2.21. The number of anilines is 1. The van der Waals surface area contributed by atoms with Gasteiger partial charge >= 0.3 is 5.97 Å². The smallest absolute Gasteiger partial charge is 0.335 e. The molecule has 0 unspecified atom stereocenters. The molecule has 0 atom stereocenters. The quantitative estimate of drug-likeness (QED) is 0.544. The number of carbonyl (C=O) groups is 1. The van der Waals surface area contributed by atoms with Gasteiger partial charge < -0.3 is 9.52 Å². The number of benzene rings is 2. The minimum atomic E-state index is -1.00. The molecule has 120 valence electrons. The van der Waals surface area contributed by atoms with Crippen LogP contribution in [0.2, 0.25) is 0 Å². The zero-order valence-corrected chi connectivity index (χ0v) is 12.4. The summed E-state index contributed by atoms with van der Waals surface area (Å²) in [7, 11) is 0. The Balaban J connectivity index is 1.68. The second-order valence-corrected chi connectivity index (χ2v) is 4.96. The van der Waals surface area contributed by atoms with Gasteiger partial charge in [-0.3, -0.25) is 5.43 Å². The Morgan fingerprint density at radius 3 is 2.67 bits per heavy atom. The fourth-order valence-electron chi connectivity index (χ4n) is 2.08. The number of aromatic carboxylic acids is 1. The summed E-state index contributed by atoms with van der Waals surface area (Å²) < 4.78 is 18.5. The highest BCUT2D eigenvalue weighted by molar-refractivity contribution is 5.88. The van der Waals surface area contributed by atoms with Crippen LogP contribution < -0.4 is 5.43 Å². The molecule has 0 amide bonds. The van der Waals surface area contributed by atoms with Crippen LogP contribution in [0.5, 0.6) is 0 Å². The minimum absolute atomic E-state index is 0.173. The van der Waals surface area contributed by atoms with E-state index in [2.05, 4.69) is 10.5 Å². The molecule has 0 aliphatic rings. The van der Waals surface area contributed by atoms with E-state index in [1.807, 2.05) is 0 Å². The Bertz CT molecular complexity index is 885. The van der Waals surface area contributed by atoms with Gasteiger partial charge in [-0.1, -0.05) is 6.07 Å². The second kappa shape index (κ2) is 6.78. The molecule has 2 N–H and O–H groups in total. The van der Waals surface area contributed by atoms with E-state index in [4.69, 9.17) is 9.52 Å². The van der Waals surface area contributed by atoms with Gasteiger partial charge in [-0.15, -0.1) is 0 Å². The summed E-state index contributed by atoms with van der Waals surface area (Å²) in [5.74, 6) is -0.196. The average Bonchev–Trinajstić information content (AvgIpc) is 3.05. The predicted octanol–water partition coefficient (Wildman–Crippen LogP) is 4.23. The SMILES string of the molecule is O=C(O)c1cccc(N/N=C/c2ccc(-c3ccc(F)cc3)o2)c1. The molecule has 6 heteroatoms. The largest absolute Gasteiger partial charge is 0.478 e. The summed E-state index contributed by atoms with van der Waals surface area (Å²) in [6.45, 7) is 0. The molecule has 2 aromatic carbocycles. The third-order valence-electron chi connectivity index (χ3n) is 3.25. The third kappa shape index (κ3) is 3.67. The summed E-state index contributed by atoms with van der Waals surface area (Å²) in [5, 5.41) is 12.9. The number of hydrazone groups is 1. The molecule has 1 heterocycles. The second-order valence-electron chi connectivity index (χ2n) is 4.96. The molecule has 0 spiro atoms. The van der Waals surface area contributed by atoms with Crippen molar-refractivity contribution in [2.24, 2.45) is 5.10 Å². The van der Waals surface area contributed by atoms with Crippen molar-refractivity contribution in [1.82, 2.24) is 0 Å².